The Morgan fingerprint density at radius 3 is 2.38 bits per heavy atom. The average Bonchev–Trinajstić information content (AvgIpc) is 3.16. The number of carbonyl (C=O) groups excluding carboxylic acids is 1. The van der Waals surface area contributed by atoms with Gasteiger partial charge in [-0.3, -0.25) is 9.59 Å². The van der Waals surface area contributed by atoms with Gasteiger partial charge in [0, 0.05) is 18.2 Å². The Bertz CT molecular complexity index is 992. The number of rotatable bonds is 12. The Balaban J connectivity index is 1.60. The zero-order valence-corrected chi connectivity index (χ0v) is 20.3. The molecule has 1 aliphatic rings. The number of aryl methyl sites for hydroxylation is 1. The second-order valence-electron chi connectivity index (χ2n) is 9.80. The van der Waals surface area contributed by atoms with Gasteiger partial charge in [-0.15, -0.1) is 0 Å². The van der Waals surface area contributed by atoms with Crippen LogP contribution in [0.15, 0.2) is 42.5 Å². The van der Waals surface area contributed by atoms with Crippen molar-refractivity contribution >= 4 is 11.9 Å². The number of hydrogen-bond donors (Lipinski definition) is 3. The number of nitrogens with two attached hydrogens (primary N) is 1. The van der Waals surface area contributed by atoms with Gasteiger partial charge >= 0.3 is 5.97 Å². The van der Waals surface area contributed by atoms with Crippen molar-refractivity contribution in [1.29, 1.82) is 0 Å². The highest BCUT2D eigenvalue weighted by atomic mass is 19.1. The van der Waals surface area contributed by atoms with Crippen LogP contribution in [-0.2, 0) is 22.6 Å². The van der Waals surface area contributed by atoms with Gasteiger partial charge in [-0.2, -0.15) is 0 Å². The predicted octanol–water partition coefficient (Wildman–Crippen LogP) is 5.45. The Labute approximate surface area is 201 Å². The van der Waals surface area contributed by atoms with Gasteiger partial charge in [0.15, 0.2) is 0 Å². The van der Waals surface area contributed by atoms with Crippen molar-refractivity contribution in [2.75, 3.05) is 0 Å². The third kappa shape index (κ3) is 6.03. The molecule has 2 aromatic rings. The van der Waals surface area contributed by atoms with Gasteiger partial charge in [-0.1, -0.05) is 69.0 Å². The van der Waals surface area contributed by atoms with E-state index < -0.39 is 23.2 Å². The zero-order chi connectivity index (χ0) is 24.7. The number of primary amides is 1. The molecule has 3 atom stereocenters. The van der Waals surface area contributed by atoms with E-state index in [1.165, 1.54) is 43.7 Å². The lowest BCUT2D eigenvalue weighted by atomic mass is 9.78. The number of nitrogens with one attached hydrogen (secondary N) is 1. The number of carbonyl (C=O) groups is 2. The molecule has 5 nitrogen and oxygen atoms in total. The maximum Gasteiger partial charge on any atom is 0.310 e. The predicted molar refractivity (Wildman–Crippen MR) is 133 cm³/mol. The molecule has 4 N–H and O–H groups in total. The summed E-state index contributed by atoms with van der Waals surface area (Å²) in [6.45, 7) is 4.11. The van der Waals surface area contributed by atoms with Crippen molar-refractivity contribution < 1.29 is 19.1 Å². The van der Waals surface area contributed by atoms with Crippen LogP contribution in [-0.4, -0.2) is 23.0 Å². The number of aliphatic carboxylic acids is 1. The fourth-order valence-electron chi connectivity index (χ4n) is 5.13. The van der Waals surface area contributed by atoms with Gasteiger partial charge in [0.1, 0.15) is 5.82 Å². The van der Waals surface area contributed by atoms with Gasteiger partial charge in [-0.25, -0.2) is 4.39 Å². The average molecular weight is 469 g/mol. The van der Waals surface area contributed by atoms with E-state index >= 15 is 0 Å². The van der Waals surface area contributed by atoms with E-state index in [0.29, 0.717) is 24.9 Å². The first-order valence-electron chi connectivity index (χ1n) is 12.4. The molecule has 1 aliphatic carbocycles. The third-order valence-electron chi connectivity index (χ3n) is 7.29. The van der Waals surface area contributed by atoms with Crippen LogP contribution in [0.3, 0.4) is 0 Å². The van der Waals surface area contributed by atoms with Gasteiger partial charge in [0.05, 0.1) is 11.3 Å². The van der Waals surface area contributed by atoms with Crippen LogP contribution < -0.4 is 11.1 Å². The van der Waals surface area contributed by atoms with Gasteiger partial charge in [-0.05, 0) is 55.4 Å². The summed E-state index contributed by atoms with van der Waals surface area (Å²) in [5, 5.41) is 12.8. The van der Waals surface area contributed by atoms with E-state index in [0.717, 1.165) is 17.5 Å². The van der Waals surface area contributed by atoms with Crippen LogP contribution in [0.1, 0.15) is 69.9 Å². The molecule has 2 aromatic carbocycles. The Hall–Kier alpha value is -2.73. The summed E-state index contributed by atoms with van der Waals surface area (Å²) in [7, 11) is 0. The number of carboxylic acid groups (broad SMARTS) is 1. The smallest absolute Gasteiger partial charge is 0.310 e. The molecule has 0 saturated heterocycles. The summed E-state index contributed by atoms with van der Waals surface area (Å²) in [5.74, 6) is -2.75. The van der Waals surface area contributed by atoms with E-state index in [-0.39, 0.29) is 11.9 Å². The number of carboxylic acids is 1. The molecule has 1 fully saturated rings. The minimum absolute atomic E-state index is 0.306. The van der Waals surface area contributed by atoms with Gasteiger partial charge < -0.3 is 16.2 Å². The van der Waals surface area contributed by atoms with Crippen molar-refractivity contribution in [3.8, 4) is 11.1 Å². The molecule has 0 spiro atoms. The molecule has 1 saturated carbocycles. The molecule has 34 heavy (non-hydrogen) atoms. The standard InChI is InChI=1S/C28H37FN2O3/c1-3-4-5-6-7-8-19-9-12-21(13-10-19)22-14-11-20(17-23(22)29)18-31-24-15-16-28(2,27(33)34)25(24)26(30)32/h9-14,17,24-25,31H,3-8,15-16,18H2,1-2H3,(H2,30,32)(H,33,34). The monoisotopic (exact) mass is 468 g/mol. The normalized spacial score (nSPS) is 22.1. The molecule has 0 heterocycles. The number of unbranched alkanes of at least 4 members (excludes halogenated alkanes) is 4. The van der Waals surface area contributed by atoms with Crippen molar-refractivity contribution in [2.24, 2.45) is 17.1 Å². The van der Waals surface area contributed by atoms with Crippen LogP contribution in [0.25, 0.3) is 11.1 Å². The maximum atomic E-state index is 14.9. The number of benzene rings is 2. The molecule has 6 heteroatoms. The second kappa shape index (κ2) is 11.6. The first kappa shape index (κ1) is 25.9. The highest BCUT2D eigenvalue weighted by molar-refractivity contribution is 5.87. The van der Waals surface area contributed by atoms with Crippen molar-refractivity contribution in [1.82, 2.24) is 5.32 Å². The van der Waals surface area contributed by atoms with Crippen molar-refractivity contribution in [3.63, 3.8) is 0 Å². The van der Waals surface area contributed by atoms with E-state index in [9.17, 15) is 19.1 Å². The summed E-state index contributed by atoms with van der Waals surface area (Å²) >= 11 is 0. The Morgan fingerprint density at radius 2 is 1.76 bits per heavy atom. The molecular formula is C28H37FN2O3. The molecule has 3 rings (SSSR count). The van der Waals surface area contributed by atoms with E-state index in [2.05, 4.69) is 24.4 Å². The van der Waals surface area contributed by atoms with Gasteiger partial charge in [0.25, 0.3) is 0 Å². The van der Waals surface area contributed by atoms with Crippen LogP contribution >= 0.6 is 0 Å². The van der Waals surface area contributed by atoms with Gasteiger partial charge in [0.2, 0.25) is 5.91 Å². The van der Waals surface area contributed by atoms with Crippen molar-refractivity contribution in [3.05, 3.63) is 59.4 Å². The summed E-state index contributed by atoms with van der Waals surface area (Å²) in [4.78, 5) is 23.7. The summed E-state index contributed by atoms with van der Waals surface area (Å²) in [5.41, 5.74) is 7.75. The molecule has 0 aromatic heterocycles. The highest BCUT2D eigenvalue weighted by Gasteiger charge is 2.53. The molecular weight excluding hydrogens is 431 g/mol. The SMILES string of the molecule is CCCCCCCc1ccc(-c2ccc(CNC3CCC(C)(C(=O)O)C3C(N)=O)cc2F)cc1. The quantitative estimate of drug-likeness (QED) is 0.361. The number of hydrogen-bond acceptors (Lipinski definition) is 3. The lowest BCUT2D eigenvalue weighted by Crippen LogP contribution is -2.47. The Kier molecular flexibility index (Phi) is 8.84. The van der Waals surface area contributed by atoms with Crippen LogP contribution in [0.4, 0.5) is 4.39 Å². The first-order valence-corrected chi connectivity index (χ1v) is 12.4. The molecule has 0 bridgehead atoms. The van der Waals surface area contributed by atoms with Crippen LogP contribution in [0, 0.1) is 17.2 Å². The number of halogens is 1. The fraction of sp³-hybridized carbons (Fsp3) is 0.500. The summed E-state index contributed by atoms with van der Waals surface area (Å²) in [6.07, 6.45) is 8.19. The molecule has 3 unspecified atom stereocenters. The third-order valence-corrected chi connectivity index (χ3v) is 7.29. The highest BCUT2D eigenvalue weighted by Crippen LogP contribution is 2.43. The lowest BCUT2D eigenvalue weighted by molar-refractivity contribution is -0.153. The summed E-state index contributed by atoms with van der Waals surface area (Å²) < 4.78 is 14.9. The van der Waals surface area contributed by atoms with Crippen molar-refractivity contribution in [2.45, 2.75) is 77.8 Å². The number of amides is 1. The van der Waals surface area contributed by atoms with E-state index in [1.807, 2.05) is 18.2 Å². The first-order chi connectivity index (χ1) is 16.3. The Morgan fingerprint density at radius 1 is 1.09 bits per heavy atom. The molecule has 1 amide bonds. The van der Waals surface area contributed by atoms with Crippen LogP contribution in [0.2, 0.25) is 0 Å². The molecule has 0 aliphatic heterocycles. The maximum absolute atomic E-state index is 14.9. The minimum atomic E-state index is -1.18. The lowest BCUT2D eigenvalue weighted by Gasteiger charge is -2.28. The van der Waals surface area contributed by atoms with E-state index in [1.54, 1.807) is 13.0 Å². The topological polar surface area (TPSA) is 92.4 Å². The van der Waals surface area contributed by atoms with Crippen LogP contribution in [0.5, 0.6) is 0 Å². The molecule has 0 radical (unpaired) electrons. The zero-order valence-electron chi connectivity index (χ0n) is 20.3. The minimum Gasteiger partial charge on any atom is -0.481 e. The summed E-state index contributed by atoms with van der Waals surface area (Å²) in [6, 6.07) is 12.9. The largest absolute Gasteiger partial charge is 0.481 e. The van der Waals surface area contributed by atoms with E-state index in [4.69, 9.17) is 5.73 Å². The fourth-order valence-corrected chi connectivity index (χ4v) is 5.13. The molecule has 184 valence electrons. The second-order valence-corrected chi connectivity index (χ2v) is 9.80.